The van der Waals surface area contributed by atoms with Gasteiger partial charge in [0.15, 0.2) is 0 Å². The van der Waals surface area contributed by atoms with Gasteiger partial charge in [0.2, 0.25) is 0 Å². The fraction of sp³-hybridized carbons (Fsp3) is 0.118. The molecule has 0 fully saturated rings. The van der Waals surface area contributed by atoms with E-state index in [0.717, 1.165) is 33.7 Å². The number of aryl methyl sites for hydroxylation is 2. The molecule has 21 heavy (non-hydrogen) atoms. The molecule has 2 heterocycles. The number of fused-ring (bicyclic) bond motifs is 1. The Morgan fingerprint density at radius 3 is 2.76 bits per heavy atom. The highest BCUT2D eigenvalue weighted by molar-refractivity contribution is 5.83. The lowest BCUT2D eigenvalue weighted by molar-refractivity contribution is 1.11. The van der Waals surface area contributed by atoms with Gasteiger partial charge >= 0.3 is 0 Å². The molecule has 0 radical (unpaired) electrons. The van der Waals surface area contributed by atoms with Gasteiger partial charge in [0.25, 0.3) is 0 Å². The summed E-state index contributed by atoms with van der Waals surface area (Å²) in [5.41, 5.74) is 4.74. The summed E-state index contributed by atoms with van der Waals surface area (Å²) >= 11 is 0. The second-order valence-corrected chi connectivity index (χ2v) is 4.93. The van der Waals surface area contributed by atoms with Crippen LogP contribution in [0.4, 0.5) is 11.4 Å². The summed E-state index contributed by atoms with van der Waals surface area (Å²) in [6.07, 6.45) is 1.77. The van der Waals surface area contributed by atoms with Crippen LogP contribution in [0, 0.1) is 25.2 Å². The van der Waals surface area contributed by atoms with Crippen molar-refractivity contribution in [3.63, 3.8) is 0 Å². The number of para-hydroxylation sites is 1. The molecule has 0 unspecified atom stereocenters. The van der Waals surface area contributed by atoms with E-state index >= 15 is 0 Å². The molecule has 0 aliphatic carbocycles. The lowest BCUT2D eigenvalue weighted by Crippen LogP contribution is -2.00. The average molecular weight is 274 g/mol. The quantitative estimate of drug-likeness (QED) is 0.770. The summed E-state index contributed by atoms with van der Waals surface area (Å²) in [5, 5.41) is 13.6. The molecule has 0 saturated heterocycles. The van der Waals surface area contributed by atoms with Crippen LogP contribution in [0.2, 0.25) is 0 Å². The van der Waals surface area contributed by atoms with Crippen LogP contribution in [0.3, 0.4) is 0 Å². The summed E-state index contributed by atoms with van der Waals surface area (Å²) in [6, 6.07) is 14.0. The van der Waals surface area contributed by atoms with Crippen molar-refractivity contribution in [1.82, 2.24) is 9.97 Å². The van der Waals surface area contributed by atoms with E-state index in [2.05, 4.69) is 21.4 Å². The molecule has 0 saturated carbocycles. The molecule has 0 aliphatic heterocycles. The van der Waals surface area contributed by atoms with Gasteiger partial charge in [0, 0.05) is 11.1 Å². The Hall–Kier alpha value is -2.93. The summed E-state index contributed by atoms with van der Waals surface area (Å²) in [7, 11) is 0. The SMILES string of the molecule is Cc1cc(Nc2cnc3ccccc3c2)c(C#N)c(C)n1. The number of aromatic nitrogens is 2. The van der Waals surface area contributed by atoms with Crippen molar-refractivity contribution in [2.75, 3.05) is 5.32 Å². The maximum absolute atomic E-state index is 9.29. The smallest absolute Gasteiger partial charge is 0.103 e. The molecular weight excluding hydrogens is 260 g/mol. The van der Waals surface area contributed by atoms with E-state index in [1.165, 1.54) is 0 Å². The molecule has 3 rings (SSSR count). The Morgan fingerprint density at radius 1 is 1.14 bits per heavy atom. The minimum Gasteiger partial charge on any atom is -0.353 e. The van der Waals surface area contributed by atoms with Gasteiger partial charge in [-0.05, 0) is 32.0 Å². The first-order valence-electron chi connectivity index (χ1n) is 6.67. The summed E-state index contributed by atoms with van der Waals surface area (Å²) in [6.45, 7) is 3.76. The van der Waals surface area contributed by atoms with E-state index in [0.29, 0.717) is 5.56 Å². The molecule has 3 aromatic rings. The lowest BCUT2D eigenvalue weighted by Gasteiger charge is -2.11. The second kappa shape index (κ2) is 5.22. The molecule has 2 aromatic heterocycles. The average Bonchev–Trinajstić information content (AvgIpc) is 2.47. The number of benzene rings is 1. The van der Waals surface area contributed by atoms with Gasteiger partial charge in [-0.2, -0.15) is 5.26 Å². The third-order valence-corrected chi connectivity index (χ3v) is 3.31. The number of rotatable bonds is 2. The molecule has 0 aliphatic rings. The van der Waals surface area contributed by atoms with Gasteiger partial charge in [0.1, 0.15) is 6.07 Å². The Bertz CT molecular complexity index is 862. The van der Waals surface area contributed by atoms with Crippen molar-refractivity contribution in [2.24, 2.45) is 0 Å². The normalized spacial score (nSPS) is 10.3. The van der Waals surface area contributed by atoms with Crippen LogP contribution in [-0.2, 0) is 0 Å². The van der Waals surface area contributed by atoms with Gasteiger partial charge in [-0.3, -0.25) is 9.97 Å². The number of nitrogens with zero attached hydrogens (tertiary/aromatic N) is 3. The first-order valence-corrected chi connectivity index (χ1v) is 6.67. The van der Waals surface area contributed by atoms with Crippen molar-refractivity contribution in [1.29, 1.82) is 5.26 Å². The number of nitrogens with one attached hydrogen (secondary N) is 1. The van der Waals surface area contributed by atoms with Crippen molar-refractivity contribution in [3.8, 4) is 6.07 Å². The molecule has 0 spiro atoms. The molecule has 4 nitrogen and oxygen atoms in total. The number of hydrogen-bond donors (Lipinski definition) is 1. The number of nitriles is 1. The van der Waals surface area contributed by atoms with Crippen molar-refractivity contribution in [3.05, 3.63) is 59.5 Å². The van der Waals surface area contributed by atoms with Crippen molar-refractivity contribution >= 4 is 22.3 Å². The molecule has 0 bridgehead atoms. The van der Waals surface area contributed by atoms with Crippen LogP contribution < -0.4 is 5.32 Å². The van der Waals surface area contributed by atoms with E-state index in [4.69, 9.17) is 0 Å². The summed E-state index contributed by atoms with van der Waals surface area (Å²) < 4.78 is 0. The largest absolute Gasteiger partial charge is 0.353 e. The topological polar surface area (TPSA) is 61.6 Å². The third kappa shape index (κ3) is 2.54. The van der Waals surface area contributed by atoms with Gasteiger partial charge < -0.3 is 5.32 Å². The predicted molar refractivity (Wildman–Crippen MR) is 83.5 cm³/mol. The minimum atomic E-state index is 0.564. The molecule has 0 amide bonds. The van der Waals surface area contributed by atoms with E-state index in [9.17, 15) is 5.26 Å². The highest BCUT2D eigenvalue weighted by Gasteiger charge is 2.08. The van der Waals surface area contributed by atoms with Crippen LogP contribution in [0.5, 0.6) is 0 Å². The molecule has 0 atom stereocenters. The highest BCUT2D eigenvalue weighted by Crippen LogP contribution is 2.24. The minimum absolute atomic E-state index is 0.564. The Labute approximate surface area is 123 Å². The van der Waals surface area contributed by atoms with Gasteiger partial charge in [-0.15, -0.1) is 0 Å². The first-order chi connectivity index (χ1) is 10.2. The zero-order valence-electron chi connectivity index (χ0n) is 11.9. The fourth-order valence-corrected chi connectivity index (χ4v) is 2.36. The Balaban J connectivity index is 2.04. The fourth-order valence-electron chi connectivity index (χ4n) is 2.36. The summed E-state index contributed by atoms with van der Waals surface area (Å²) in [5.74, 6) is 0. The zero-order chi connectivity index (χ0) is 14.8. The van der Waals surface area contributed by atoms with Gasteiger partial charge in [0.05, 0.1) is 34.3 Å². The van der Waals surface area contributed by atoms with Crippen LogP contribution in [0.15, 0.2) is 42.6 Å². The van der Waals surface area contributed by atoms with Crippen LogP contribution in [0.25, 0.3) is 10.9 Å². The molecule has 4 heteroatoms. The molecule has 1 aromatic carbocycles. The van der Waals surface area contributed by atoms with E-state index in [-0.39, 0.29) is 0 Å². The molecular formula is C17H14N4. The van der Waals surface area contributed by atoms with Gasteiger partial charge in [-0.1, -0.05) is 18.2 Å². The van der Waals surface area contributed by atoms with Crippen molar-refractivity contribution < 1.29 is 0 Å². The van der Waals surface area contributed by atoms with Crippen LogP contribution >= 0.6 is 0 Å². The standard InChI is InChI=1S/C17H14N4/c1-11-7-17(15(9-18)12(2)20-11)21-14-8-13-5-3-4-6-16(13)19-10-14/h3-8,10H,1-2H3,(H,20,21). The molecule has 102 valence electrons. The maximum Gasteiger partial charge on any atom is 0.103 e. The summed E-state index contributed by atoms with van der Waals surface area (Å²) in [4.78, 5) is 8.74. The number of pyridine rings is 2. The second-order valence-electron chi connectivity index (χ2n) is 4.93. The predicted octanol–water partition coefficient (Wildman–Crippen LogP) is 3.86. The van der Waals surface area contributed by atoms with Gasteiger partial charge in [-0.25, -0.2) is 0 Å². The number of anilines is 2. The highest BCUT2D eigenvalue weighted by atomic mass is 14.9. The number of hydrogen-bond acceptors (Lipinski definition) is 4. The monoisotopic (exact) mass is 274 g/mol. The third-order valence-electron chi connectivity index (χ3n) is 3.31. The maximum atomic E-state index is 9.29. The van der Waals surface area contributed by atoms with Crippen LogP contribution in [-0.4, -0.2) is 9.97 Å². The zero-order valence-corrected chi connectivity index (χ0v) is 11.9. The molecule has 1 N–H and O–H groups in total. The van der Waals surface area contributed by atoms with E-state index in [1.807, 2.05) is 50.2 Å². The van der Waals surface area contributed by atoms with E-state index < -0.39 is 0 Å². The Morgan fingerprint density at radius 2 is 1.95 bits per heavy atom. The Kier molecular flexibility index (Phi) is 3.25. The van der Waals surface area contributed by atoms with Crippen molar-refractivity contribution in [2.45, 2.75) is 13.8 Å². The van der Waals surface area contributed by atoms with Crippen LogP contribution in [0.1, 0.15) is 17.0 Å². The lowest BCUT2D eigenvalue weighted by atomic mass is 10.1. The van der Waals surface area contributed by atoms with E-state index in [1.54, 1.807) is 6.20 Å². The first kappa shape index (κ1) is 13.1.